The summed E-state index contributed by atoms with van der Waals surface area (Å²) in [5.74, 6) is 0. The monoisotopic (exact) mass is 341 g/mol. The van der Waals surface area contributed by atoms with Crippen molar-refractivity contribution in [3.8, 4) is 0 Å². The number of thiophene rings is 1. The molecule has 7 nitrogen and oxygen atoms in total. The van der Waals surface area contributed by atoms with Crippen LogP contribution in [-0.2, 0) is 10.0 Å². The highest BCUT2D eigenvalue weighted by atomic mass is 32.2. The number of nitro groups is 1. The van der Waals surface area contributed by atoms with Crippen LogP contribution in [0.4, 0.5) is 11.4 Å². The summed E-state index contributed by atoms with van der Waals surface area (Å²) in [6.45, 7) is 2.25. The molecule has 2 N–H and O–H groups in total. The standard InChI is InChI=1S/C13H15N3O4S2/c1-10-9-11(4-5-12(10)16(17)18)14-6-7-15-22(19,20)13-3-2-8-21-13/h2-5,8-9,14-15H,6-7H2,1H3. The molecule has 0 amide bonds. The van der Waals surface area contributed by atoms with Crippen LogP contribution in [0.3, 0.4) is 0 Å². The molecule has 0 radical (unpaired) electrons. The Morgan fingerprint density at radius 1 is 1.27 bits per heavy atom. The lowest BCUT2D eigenvalue weighted by atomic mass is 10.2. The van der Waals surface area contributed by atoms with E-state index < -0.39 is 14.9 Å². The van der Waals surface area contributed by atoms with Gasteiger partial charge >= 0.3 is 0 Å². The molecule has 0 unspecified atom stereocenters. The van der Waals surface area contributed by atoms with Gasteiger partial charge in [-0.15, -0.1) is 11.3 Å². The number of hydrogen-bond donors (Lipinski definition) is 2. The van der Waals surface area contributed by atoms with Crippen molar-refractivity contribution in [2.75, 3.05) is 18.4 Å². The van der Waals surface area contributed by atoms with E-state index in [-0.39, 0.29) is 16.4 Å². The Labute approximate surface area is 132 Å². The van der Waals surface area contributed by atoms with Gasteiger partial charge in [0.25, 0.3) is 5.69 Å². The van der Waals surface area contributed by atoms with Gasteiger partial charge in [-0.05, 0) is 30.5 Å². The molecule has 22 heavy (non-hydrogen) atoms. The van der Waals surface area contributed by atoms with Gasteiger partial charge in [0.1, 0.15) is 4.21 Å². The van der Waals surface area contributed by atoms with E-state index in [1.165, 1.54) is 6.07 Å². The zero-order valence-corrected chi connectivity index (χ0v) is 13.4. The maximum atomic E-state index is 11.9. The quantitative estimate of drug-likeness (QED) is 0.457. The molecule has 9 heteroatoms. The van der Waals surface area contributed by atoms with E-state index in [0.29, 0.717) is 17.8 Å². The topological polar surface area (TPSA) is 101 Å². The Morgan fingerprint density at radius 3 is 2.64 bits per heavy atom. The third kappa shape index (κ3) is 4.03. The Balaban J connectivity index is 1.87. The number of sulfonamides is 1. The van der Waals surface area contributed by atoms with E-state index in [4.69, 9.17) is 0 Å². The maximum Gasteiger partial charge on any atom is 0.272 e. The van der Waals surface area contributed by atoms with E-state index in [1.54, 1.807) is 36.6 Å². The number of rotatable bonds is 7. The summed E-state index contributed by atoms with van der Waals surface area (Å²) in [4.78, 5) is 10.3. The average molecular weight is 341 g/mol. The summed E-state index contributed by atoms with van der Waals surface area (Å²) in [5, 5.41) is 15.4. The van der Waals surface area contributed by atoms with Crippen molar-refractivity contribution in [1.82, 2.24) is 4.72 Å². The fraction of sp³-hybridized carbons (Fsp3) is 0.231. The highest BCUT2D eigenvalue weighted by molar-refractivity contribution is 7.91. The number of benzene rings is 1. The van der Waals surface area contributed by atoms with Crippen LogP contribution in [0.5, 0.6) is 0 Å². The lowest BCUT2D eigenvalue weighted by Gasteiger charge is -2.08. The molecular weight excluding hydrogens is 326 g/mol. The molecule has 0 aliphatic rings. The predicted molar refractivity (Wildman–Crippen MR) is 85.8 cm³/mol. The molecule has 0 saturated heterocycles. The van der Waals surface area contributed by atoms with Gasteiger partial charge in [-0.1, -0.05) is 6.07 Å². The molecule has 0 aliphatic heterocycles. The van der Waals surface area contributed by atoms with Gasteiger partial charge in [0, 0.05) is 30.4 Å². The second-order valence-electron chi connectivity index (χ2n) is 4.52. The summed E-state index contributed by atoms with van der Waals surface area (Å²) in [5.41, 5.74) is 1.32. The van der Waals surface area contributed by atoms with Crippen LogP contribution in [0, 0.1) is 17.0 Å². The number of hydrogen-bond acceptors (Lipinski definition) is 6. The minimum atomic E-state index is -3.46. The molecule has 0 bridgehead atoms. The zero-order valence-electron chi connectivity index (χ0n) is 11.8. The third-order valence-electron chi connectivity index (χ3n) is 2.90. The lowest BCUT2D eigenvalue weighted by Crippen LogP contribution is -2.28. The van der Waals surface area contributed by atoms with E-state index >= 15 is 0 Å². The Morgan fingerprint density at radius 2 is 2.05 bits per heavy atom. The minimum Gasteiger partial charge on any atom is -0.384 e. The highest BCUT2D eigenvalue weighted by Crippen LogP contribution is 2.21. The van der Waals surface area contributed by atoms with Crippen molar-refractivity contribution in [1.29, 1.82) is 0 Å². The summed E-state index contributed by atoms with van der Waals surface area (Å²) in [6, 6.07) is 7.90. The first-order chi connectivity index (χ1) is 10.4. The Bertz CT molecular complexity index is 758. The van der Waals surface area contributed by atoms with Crippen molar-refractivity contribution < 1.29 is 13.3 Å². The number of nitrogens with zero attached hydrogens (tertiary/aromatic N) is 1. The summed E-state index contributed by atoms with van der Waals surface area (Å²) in [6.07, 6.45) is 0. The first kappa shape index (κ1) is 16.4. The summed E-state index contributed by atoms with van der Waals surface area (Å²) in [7, 11) is -3.46. The van der Waals surface area contributed by atoms with Gasteiger partial charge in [-0.2, -0.15) is 0 Å². The van der Waals surface area contributed by atoms with Crippen LogP contribution >= 0.6 is 11.3 Å². The Hall–Kier alpha value is -1.97. The normalized spacial score (nSPS) is 11.3. The van der Waals surface area contributed by atoms with Crippen LogP contribution in [0.2, 0.25) is 0 Å². The molecule has 1 heterocycles. The molecule has 0 saturated carbocycles. The second-order valence-corrected chi connectivity index (χ2v) is 7.46. The van der Waals surface area contributed by atoms with Gasteiger partial charge < -0.3 is 5.32 Å². The van der Waals surface area contributed by atoms with E-state index in [0.717, 1.165) is 11.3 Å². The minimum absolute atomic E-state index is 0.0592. The van der Waals surface area contributed by atoms with Gasteiger partial charge in [0.15, 0.2) is 0 Å². The second kappa shape index (κ2) is 6.86. The van der Waals surface area contributed by atoms with Gasteiger partial charge in [-0.25, -0.2) is 13.1 Å². The summed E-state index contributed by atoms with van der Waals surface area (Å²) >= 11 is 1.16. The Kier molecular flexibility index (Phi) is 5.11. The van der Waals surface area contributed by atoms with Crippen LogP contribution in [-0.4, -0.2) is 26.4 Å². The molecule has 0 atom stereocenters. The van der Waals surface area contributed by atoms with Crippen molar-refractivity contribution >= 4 is 32.7 Å². The van der Waals surface area contributed by atoms with E-state index in [9.17, 15) is 18.5 Å². The number of aryl methyl sites for hydroxylation is 1. The SMILES string of the molecule is Cc1cc(NCCNS(=O)(=O)c2cccs2)ccc1[N+](=O)[O-]. The highest BCUT2D eigenvalue weighted by Gasteiger charge is 2.14. The summed E-state index contributed by atoms with van der Waals surface area (Å²) < 4.78 is 26.5. The molecule has 1 aromatic carbocycles. The third-order valence-corrected chi connectivity index (χ3v) is 5.76. The zero-order chi connectivity index (χ0) is 16.2. The van der Waals surface area contributed by atoms with E-state index in [1.807, 2.05) is 0 Å². The molecular formula is C13H15N3O4S2. The fourth-order valence-electron chi connectivity index (χ4n) is 1.85. The van der Waals surface area contributed by atoms with Gasteiger partial charge in [-0.3, -0.25) is 10.1 Å². The molecule has 118 valence electrons. The van der Waals surface area contributed by atoms with Crippen molar-refractivity contribution in [3.05, 3.63) is 51.4 Å². The van der Waals surface area contributed by atoms with Crippen molar-refractivity contribution in [3.63, 3.8) is 0 Å². The van der Waals surface area contributed by atoms with Gasteiger partial charge in [0.2, 0.25) is 10.0 Å². The molecule has 2 aromatic rings. The molecule has 2 rings (SSSR count). The van der Waals surface area contributed by atoms with Crippen molar-refractivity contribution in [2.24, 2.45) is 0 Å². The first-order valence-corrected chi connectivity index (χ1v) is 8.78. The number of nitro benzene ring substituents is 1. The fourth-order valence-corrected chi connectivity index (χ4v) is 3.92. The molecule has 0 fully saturated rings. The van der Waals surface area contributed by atoms with Crippen LogP contribution in [0.15, 0.2) is 39.9 Å². The lowest BCUT2D eigenvalue weighted by molar-refractivity contribution is -0.385. The largest absolute Gasteiger partial charge is 0.384 e. The number of anilines is 1. The number of nitrogens with one attached hydrogen (secondary N) is 2. The van der Waals surface area contributed by atoms with Gasteiger partial charge in [0.05, 0.1) is 4.92 Å². The first-order valence-electron chi connectivity index (χ1n) is 6.42. The molecule has 1 aromatic heterocycles. The molecule has 0 aliphatic carbocycles. The van der Waals surface area contributed by atoms with Crippen molar-refractivity contribution in [2.45, 2.75) is 11.1 Å². The van der Waals surface area contributed by atoms with Crippen LogP contribution in [0.1, 0.15) is 5.56 Å². The smallest absolute Gasteiger partial charge is 0.272 e. The predicted octanol–water partition coefficient (Wildman–Crippen LogP) is 2.36. The van der Waals surface area contributed by atoms with Crippen LogP contribution in [0.25, 0.3) is 0 Å². The molecule has 0 spiro atoms. The average Bonchev–Trinajstić information content (AvgIpc) is 2.98. The van der Waals surface area contributed by atoms with Crippen LogP contribution < -0.4 is 10.0 Å². The maximum absolute atomic E-state index is 11.9. The van der Waals surface area contributed by atoms with E-state index in [2.05, 4.69) is 10.0 Å².